The molecule has 0 bridgehead atoms. The van der Waals surface area contributed by atoms with Gasteiger partial charge in [-0.2, -0.15) is 0 Å². The maximum atomic E-state index is 12.3. The van der Waals surface area contributed by atoms with Gasteiger partial charge in [0.1, 0.15) is 0 Å². The number of halogens is 1. The van der Waals surface area contributed by atoms with Gasteiger partial charge in [0.2, 0.25) is 5.91 Å². The van der Waals surface area contributed by atoms with E-state index < -0.39 is 0 Å². The summed E-state index contributed by atoms with van der Waals surface area (Å²) in [6.07, 6.45) is 3.21. The lowest BCUT2D eigenvalue weighted by atomic mass is 9.97. The van der Waals surface area contributed by atoms with Gasteiger partial charge in [-0.25, -0.2) is 0 Å². The van der Waals surface area contributed by atoms with Crippen molar-refractivity contribution < 1.29 is 4.79 Å². The zero-order chi connectivity index (χ0) is 14.5. The topological polar surface area (TPSA) is 55.1 Å². The molecule has 3 nitrogen and oxygen atoms in total. The number of rotatable bonds is 2. The van der Waals surface area contributed by atoms with Crippen LogP contribution in [0.3, 0.4) is 0 Å². The number of benzene rings is 1. The van der Waals surface area contributed by atoms with E-state index >= 15 is 0 Å². The van der Waals surface area contributed by atoms with Crippen molar-refractivity contribution in [1.82, 2.24) is 0 Å². The highest BCUT2D eigenvalue weighted by Gasteiger charge is 2.29. The first-order valence-electron chi connectivity index (χ1n) is 6.91. The molecule has 0 spiro atoms. The van der Waals surface area contributed by atoms with Crippen LogP contribution in [0, 0.1) is 23.7 Å². The maximum absolute atomic E-state index is 12.3. The van der Waals surface area contributed by atoms with Crippen LogP contribution < -0.4 is 11.1 Å². The molecule has 0 heterocycles. The Bertz CT molecular complexity index is 559. The molecule has 1 amide bonds. The number of hydrogen-bond donors (Lipinski definition) is 2. The SMILES string of the molecule is CC1CCCC1C(=O)Nc1ccc(Cl)cc1C#CCN. The number of amides is 1. The highest BCUT2D eigenvalue weighted by Crippen LogP contribution is 2.32. The Hall–Kier alpha value is -1.50. The van der Waals surface area contributed by atoms with Crippen molar-refractivity contribution in [3.63, 3.8) is 0 Å². The predicted molar refractivity (Wildman–Crippen MR) is 82.5 cm³/mol. The molecule has 1 fully saturated rings. The number of carbonyl (C=O) groups is 1. The van der Waals surface area contributed by atoms with Crippen LogP contribution in [0.2, 0.25) is 5.02 Å². The van der Waals surface area contributed by atoms with Crippen molar-refractivity contribution >= 4 is 23.2 Å². The Kier molecular flexibility index (Phi) is 5.05. The fourth-order valence-electron chi connectivity index (χ4n) is 2.64. The molecule has 20 heavy (non-hydrogen) atoms. The van der Waals surface area contributed by atoms with Gasteiger partial charge in [-0.1, -0.05) is 36.8 Å². The van der Waals surface area contributed by atoms with Crippen molar-refractivity contribution in [1.29, 1.82) is 0 Å². The third-order valence-corrected chi connectivity index (χ3v) is 4.00. The molecule has 0 aromatic heterocycles. The van der Waals surface area contributed by atoms with Gasteiger partial charge in [0.15, 0.2) is 0 Å². The molecule has 2 unspecified atom stereocenters. The lowest BCUT2D eigenvalue weighted by molar-refractivity contribution is -0.120. The molecule has 3 N–H and O–H groups in total. The van der Waals surface area contributed by atoms with Crippen LogP contribution in [-0.2, 0) is 4.79 Å². The van der Waals surface area contributed by atoms with Crippen LogP contribution in [0.1, 0.15) is 31.7 Å². The predicted octanol–water partition coefficient (Wildman–Crippen LogP) is 3.02. The summed E-state index contributed by atoms with van der Waals surface area (Å²) < 4.78 is 0. The van der Waals surface area contributed by atoms with Gasteiger partial charge in [0, 0.05) is 16.5 Å². The summed E-state index contributed by atoms with van der Waals surface area (Å²) in [5, 5.41) is 3.57. The second kappa shape index (κ2) is 6.78. The molecule has 2 atom stereocenters. The fourth-order valence-corrected chi connectivity index (χ4v) is 2.81. The van der Waals surface area contributed by atoms with E-state index in [9.17, 15) is 4.79 Å². The van der Waals surface area contributed by atoms with E-state index in [2.05, 4.69) is 24.1 Å². The van der Waals surface area contributed by atoms with Crippen LogP contribution in [0.5, 0.6) is 0 Å². The van der Waals surface area contributed by atoms with Crippen LogP contribution in [-0.4, -0.2) is 12.5 Å². The summed E-state index contributed by atoms with van der Waals surface area (Å²) in [5.41, 5.74) is 6.81. The van der Waals surface area contributed by atoms with E-state index in [0.29, 0.717) is 22.2 Å². The third kappa shape index (κ3) is 3.53. The van der Waals surface area contributed by atoms with E-state index in [1.807, 2.05) is 0 Å². The van der Waals surface area contributed by atoms with Crippen LogP contribution in [0.4, 0.5) is 5.69 Å². The summed E-state index contributed by atoms with van der Waals surface area (Å²) in [7, 11) is 0. The summed E-state index contributed by atoms with van der Waals surface area (Å²) in [6, 6.07) is 5.29. The van der Waals surface area contributed by atoms with E-state index in [0.717, 1.165) is 19.3 Å². The van der Waals surface area contributed by atoms with Crippen molar-refractivity contribution in [2.45, 2.75) is 26.2 Å². The molecule has 106 valence electrons. The normalized spacial score (nSPS) is 21.1. The minimum absolute atomic E-state index is 0.0770. The number of hydrogen-bond acceptors (Lipinski definition) is 2. The largest absolute Gasteiger partial charge is 0.325 e. The highest BCUT2D eigenvalue weighted by molar-refractivity contribution is 6.30. The minimum Gasteiger partial charge on any atom is -0.325 e. The summed E-state index contributed by atoms with van der Waals surface area (Å²) in [6.45, 7) is 2.41. The number of nitrogens with one attached hydrogen (secondary N) is 1. The zero-order valence-corrected chi connectivity index (χ0v) is 12.3. The van der Waals surface area contributed by atoms with Crippen molar-refractivity contribution in [3.05, 3.63) is 28.8 Å². The van der Waals surface area contributed by atoms with Crippen LogP contribution in [0.25, 0.3) is 0 Å². The lowest BCUT2D eigenvalue weighted by Gasteiger charge is -2.16. The molecule has 1 aromatic carbocycles. The first-order valence-corrected chi connectivity index (χ1v) is 7.29. The lowest BCUT2D eigenvalue weighted by Crippen LogP contribution is -2.24. The average Bonchev–Trinajstić information content (AvgIpc) is 2.85. The van der Waals surface area contributed by atoms with Crippen molar-refractivity contribution in [2.24, 2.45) is 17.6 Å². The molecule has 1 aliphatic rings. The van der Waals surface area contributed by atoms with Crippen LogP contribution in [0.15, 0.2) is 18.2 Å². The Labute approximate surface area is 124 Å². The first kappa shape index (κ1) is 14.9. The van der Waals surface area contributed by atoms with E-state index in [4.69, 9.17) is 17.3 Å². The molecule has 1 aromatic rings. The number of anilines is 1. The van der Waals surface area contributed by atoms with E-state index in [1.54, 1.807) is 18.2 Å². The molecule has 0 radical (unpaired) electrons. The van der Waals surface area contributed by atoms with Crippen molar-refractivity contribution in [2.75, 3.05) is 11.9 Å². The molecule has 4 heteroatoms. The van der Waals surface area contributed by atoms with Gasteiger partial charge in [0.05, 0.1) is 12.2 Å². The minimum atomic E-state index is 0.0770. The van der Waals surface area contributed by atoms with E-state index in [1.165, 1.54) is 0 Å². The Morgan fingerprint density at radius 3 is 2.95 bits per heavy atom. The quantitative estimate of drug-likeness (QED) is 0.823. The van der Waals surface area contributed by atoms with Gasteiger partial charge in [-0.3, -0.25) is 4.79 Å². The third-order valence-electron chi connectivity index (χ3n) is 3.76. The molecule has 0 aliphatic heterocycles. The Balaban J connectivity index is 2.18. The second-order valence-corrected chi connectivity index (χ2v) is 5.64. The zero-order valence-electron chi connectivity index (χ0n) is 11.6. The maximum Gasteiger partial charge on any atom is 0.227 e. The van der Waals surface area contributed by atoms with Crippen molar-refractivity contribution in [3.8, 4) is 11.8 Å². The summed E-state index contributed by atoms with van der Waals surface area (Å²) in [5.74, 6) is 6.36. The highest BCUT2D eigenvalue weighted by atomic mass is 35.5. The molecule has 1 aliphatic carbocycles. The Morgan fingerprint density at radius 1 is 1.50 bits per heavy atom. The summed E-state index contributed by atoms with van der Waals surface area (Å²) in [4.78, 5) is 12.3. The van der Waals surface area contributed by atoms with Gasteiger partial charge >= 0.3 is 0 Å². The summed E-state index contributed by atoms with van der Waals surface area (Å²) >= 11 is 5.97. The van der Waals surface area contributed by atoms with Gasteiger partial charge < -0.3 is 11.1 Å². The molecular formula is C16H19ClN2O. The number of carbonyl (C=O) groups excluding carboxylic acids is 1. The molecular weight excluding hydrogens is 272 g/mol. The second-order valence-electron chi connectivity index (χ2n) is 5.20. The molecule has 0 saturated heterocycles. The smallest absolute Gasteiger partial charge is 0.227 e. The standard InChI is InChI=1S/C16H19ClN2O/c1-11-4-2-6-14(11)16(20)19-15-8-7-13(17)10-12(15)5-3-9-18/h7-8,10-11,14H,2,4,6,9,18H2,1H3,(H,19,20). The molecule has 1 saturated carbocycles. The van der Waals surface area contributed by atoms with E-state index in [-0.39, 0.29) is 18.4 Å². The van der Waals surface area contributed by atoms with Gasteiger partial charge in [-0.05, 0) is 37.0 Å². The first-order chi connectivity index (χ1) is 9.61. The average molecular weight is 291 g/mol. The monoisotopic (exact) mass is 290 g/mol. The fraction of sp³-hybridized carbons (Fsp3) is 0.438. The van der Waals surface area contributed by atoms with Gasteiger partial charge in [0.25, 0.3) is 0 Å². The number of nitrogens with two attached hydrogens (primary N) is 1. The molecule has 2 rings (SSSR count). The Morgan fingerprint density at radius 2 is 2.30 bits per heavy atom. The van der Waals surface area contributed by atoms with Gasteiger partial charge in [-0.15, -0.1) is 0 Å². The van der Waals surface area contributed by atoms with Crippen LogP contribution >= 0.6 is 11.6 Å².